The van der Waals surface area contributed by atoms with Gasteiger partial charge in [-0.15, -0.1) is 0 Å². The number of carbonyl (C=O) groups is 1. The van der Waals surface area contributed by atoms with Crippen molar-refractivity contribution in [3.8, 4) is 0 Å². The maximum Gasteiger partial charge on any atom is 0.337 e. The molecule has 3 nitrogen and oxygen atoms in total. The molecule has 2 aromatic carbocycles. The van der Waals surface area contributed by atoms with Gasteiger partial charge in [0.15, 0.2) is 0 Å². The Morgan fingerprint density at radius 3 is 2.43 bits per heavy atom. The lowest BCUT2D eigenvalue weighted by atomic mass is 10.0. The fraction of sp³-hybridized carbons (Fsp3) is 0.235. The molecule has 0 fully saturated rings. The van der Waals surface area contributed by atoms with Crippen molar-refractivity contribution in [2.45, 2.75) is 26.3 Å². The molecule has 0 unspecified atom stereocenters. The Morgan fingerprint density at radius 1 is 1.19 bits per heavy atom. The molecule has 0 aromatic heterocycles. The van der Waals surface area contributed by atoms with Crippen LogP contribution in [0.4, 0.5) is 10.1 Å². The molecule has 0 heterocycles. The second kappa shape index (κ2) is 6.39. The maximum absolute atomic E-state index is 13.1. The van der Waals surface area contributed by atoms with Crippen LogP contribution >= 0.6 is 0 Å². The van der Waals surface area contributed by atoms with Crippen molar-refractivity contribution in [3.63, 3.8) is 0 Å². The topological polar surface area (TPSA) is 49.3 Å². The van der Waals surface area contributed by atoms with Gasteiger partial charge in [-0.3, -0.25) is 0 Å². The van der Waals surface area contributed by atoms with E-state index < -0.39 is 11.8 Å². The number of benzene rings is 2. The van der Waals surface area contributed by atoms with E-state index in [9.17, 15) is 9.18 Å². The van der Waals surface area contributed by atoms with Crippen LogP contribution in [0, 0.1) is 5.82 Å². The zero-order chi connectivity index (χ0) is 15.4. The summed E-state index contributed by atoms with van der Waals surface area (Å²) in [5.74, 6) is -1.23. The van der Waals surface area contributed by atoms with Gasteiger partial charge in [-0.1, -0.05) is 38.1 Å². The third kappa shape index (κ3) is 3.81. The smallest absolute Gasteiger partial charge is 0.337 e. The highest BCUT2D eigenvalue weighted by Gasteiger charge is 2.11. The van der Waals surface area contributed by atoms with Gasteiger partial charge in [0.05, 0.1) is 5.56 Å². The Hall–Kier alpha value is -2.36. The number of halogens is 1. The van der Waals surface area contributed by atoms with Crippen molar-refractivity contribution >= 4 is 11.7 Å². The van der Waals surface area contributed by atoms with Gasteiger partial charge in [-0.05, 0) is 35.2 Å². The summed E-state index contributed by atoms with van der Waals surface area (Å²) in [5.41, 5.74) is 2.65. The number of nitrogens with one attached hydrogen (secondary N) is 1. The van der Waals surface area contributed by atoms with Gasteiger partial charge >= 0.3 is 5.97 Å². The second-order valence-electron chi connectivity index (χ2n) is 5.24. The Bertz CT molecular complexity index is 636. The van der Waals surface area contributed by atoms with E-state index in [2.05, 4.69) is 31.3 Å². The minimum Gasteiger partial charge on any atom is -0.478 e. The van der Waals surface area contributed by atoms with Gasteiger partial charge in [-0.2, -0.15) is 0 Å². The summed E-state index contributed by atoms with van der Waals surface area (Å²) < 4.78 is 13.1. The van der Waals surface area contributed by atoms with Gasteiger partial charge in [0.2, 0.25) is 0 Å². The van der Waals surface area contributed by atoms with Crippen molar-refractivity contribution in [1.29, 1.82) is 0 Å². The zero-order valence-corrected chi connectivity index (χ0v) is 12.1. The molecule has 0 bridgehead atoms. The first-order valence-corrected chi connectivity index (χ1v) is 6.83. The summed E-state index contributed by atoms with van der Waals surface area (Å²) in [7, 11) is 0. The SMILES string of the molecule is CC(C)c1ccc(CNc2ccc(F)cc2C(=O)O)cc1. The van der Waals surface area contributed by atoms with Crippen molar-refractivity contribution in [2.24, 2.45) is 0 Å². The first-order valence-electron chi connectivity index (χ1n) is 6.83. The predicted octanol–water partition coefficient (Wildman–Crippen LogP) is 4.26. The number of hydrogen-bond donors (Lipinski definition) is 2. The second-order valence-corrected chi connectivity index (χ2v) is 5.24. The maximum atomic E-state index is 13.1. The van der Waals surface area contributed by atoms with E-state index in [0.29, 0.717) is 18.2 Å². The van der Waals surface area contributed by atoms with Crippen LogP contribution in [0.5, 0.6) is 0 Å². The molecule has 0 radical (unpaired) electrons. The molecule has 2 aromatic rings. The van der Waals surface area contributed by atoms with Crippen LogP contribution in [0.1, 0.15) is 41.3 Å². The fourth-order valence-corrected chi connectivity index (χ4v) is 2.07. The van der Waals surface area contributed by atoms with Crippen LogP contribution in [0.15, 0.2) is 42.5 Å². The quantitative estimate of drug-likeness (QED) is 0.864. The van der Waals surface area contributed by atoms with Gasteiger partial charge in [0, 0.05) is 12.2 Å². The van der Waals surface area contributed by atoms with E-state index in [1.807, 2.05) is 12.1 Å². The van der Waals surface area contributed by atoms with Crippen LogP contribution < -0.4 is 5.32 Å². The Kier molecular flexibility index (Phi) is 4.58. The highest BCUT2D eigenvalue weighted by molar-refractivity contribution is 5.94. The molecule has 2 rings (SSSR count). The summed E-state index contributed by atoms with van der Waals surface area (Å²) in [6, 6.07) is 11.8. The molecule has 110 valence electrons. The van der Waals surface area contributed by atoms with Crippen molar-refractivity contribution in [1.82, 2.24) is 0 Å². The molecule has 0 saturated heterocycles. The minimum atomic E-state index is -1.15. The number of aromatic carboxylic acids is 1. The predicted molar refractivity (Wildman–Crippen MR) is 81.2 cm³/mol. The minimum absolute atomic E-state index is 0.0613. The highest BCUT2D eigenvalue weighted by atomic mass is 19.1. The summed E-state index contributed by atoms with van der Waals surface area (Å²) in [4.78, 5) is 11.1. The fourth-order valence-electron chi connectivity index (χ4n) is 2.07. The van der Waals surface area contributed by atoms with E-state index in [4.69, 9.17) is 5.11 Å². The Balaban J connectivity index is 2.11. The molecule has 0 aliphatic carbocycles. The van der Waals surface area contributed by atoms with Crippen molar-refractivity contribution in [2.75, 3.05) is 5.32 Å². The van der Waals surface area contributed by atoms with Gasteiger partial charge in [-0.25, -0.2) is 9.18 Å². The Labute approximate surface area is 123 Å². The molecule has 4 heteroatoms. The molecule has 2 N–H and O–H groups in total. The molecule has 0 spiro atoms. The first-order chi connectivity index (χ1) is 9.97. The lowest BCUT2D eigenvalue weighted by molar-refractivity contribution is 0.0697. The van der Waals surface area contributed by atoms with E-state index in [0.717, 1.165) is 11.6 Å². The Morgan fingerprint density at radius 2 is 1.86 bits per heavy atom. The normalized spacial score (nSPS) is 10.7. The van der Waals surface area contributed by atoms with Crippen LogP contribution in [0.25, 0.3) is 0 Å². The number of hydrogen-bond acceptors (Lipinski definition) is 2. The standard InChI is InChI=1S/C17H18FNO2/c1-11(2)13-5-3-12(4-6-13)10-19-16-8-7-14(18)9-15(16)17(20)21/h3-9,11,19H,10H2,1-2H3,(H,20,21). The van der Waals surface area contributed by atoms with Crippen LogP contribution in [-0.4, -0.2) is 11.1 Å². The van der Waals surface area contributed by atoms with E-state index in [-0.39, 0.29) is 5.56 Å². The summed E-state index contributed by atoms with van der Waals surface area (Å²) in [5, 5.41) is 12.1. The van der Waals surface area contributed by atoms with E-state index >= 15 is 0 Å². The molecular formula is C17H18FNO2. The van der Waals surface area contributed by atoms with Gasteiger partial charge < -0.3 is 10.4 Å². The third-order valence-corrected chi connectivity index (χ3v) is 3.34. The largest absolute Gasteiger partial charge is 0.478 e. The lowest BCUT2D eigenvalue weighted by Gasteiger charge is -2.11. The third-order valence-electron chi connectivity index (χ3n) is 3.34. The summed E-state index contributed by atoms with van der Waals surface area (Å²) in [6.45, 7) is 4.75. The first kappa shape index (κ1) is 15.0. The molecule has 0 saturated carbocycles. The summed E-state index contributed by atoms with van der Waals surface area (Å²) in [6.07, 6.45) is 0. The average Bonchev–Trinajstić information content (AvgIpc) is 2.46. The average molecular weight is 287 g/mol. The van der Waals surface area contributed by atoms with E-state index in [1.54, 1.807) is 0 Å². The van der Waals surface area contributed by atoms with Crippen LogP contribution in [0.2, 0.25) is 0 Å². The molecule has 0 amide bonds. The molecular weight excluding hydrogens is 269 g/mol. The lowest BCUT2D eigenvalue weighted by Crippen LogP contribution is -2.07. The summed E-state index contributed by atoms with van der Waals surface area (Å²) >= 11 is 0. The van der Waals surface area contributed by atoms with Crippen molar-refractivity contribution < 1.29 is 14.3 Å². The monoisotopic (exact) mass is 287 g/mol. The number of rotatable bonds is 5. The van der Waals surface area contributed by atoms with Crippen LogP contribution in [-0.2, 0) is 6.54 Å². The molecule has 0 atom stereocenters. The zero-order valence-electron chi connectivity index (χ0n) is 12.1. The van der Waals surface area contributed by atoms with Gasteiger partial charge in [0.25, 0.3) is 0 Å². The van der Waals surface area contributed by atoms with Crippen molar-refractivity contribution in [3.05, 3.63) is 65.0 Å². The highest BCUT2D eigenvalue weighted by Crippen LogP contribution is 2.19. The van der Waals surface area contributed by atoms with Gasteiger partial charge in [0.1, 0.15) is 5.82 Å². The molecule has 0 aliphatic heterocycles. The molecule has 21 heavy (non-hydrogen) atoms. The number of anilines is 1. The molecule has 0 aliphatic rings. The number of carboxylic acid groups (broad SMARTS) is 1. The number of carboxylic acids is 1. The van der Waals surface area contributed by atoms with Crippen LogP contribution in [0.3, 0.4) is 0 Å². The van der Waals surface area contributed by atoms with E-state index in [1.165, 1.54) is 17.7 Å².